The number of benzene rings is 1. The number of hydrogen-bond donors (Lipinski definition) is 0. The van der Waals surface area contributed by atoms with E-state index in [9.17, 15) is 4.79 Å². The summed E-state index contributed by atoms with van der Waals surface area (Å²) in [7, 11) is 0. The fourth-order valence-electron chi connectivity index (χ4n) is 3.94. The number of hydrogen-bond acceptors (Lipinski definition) is 4. The summed E-state index contributed by atoms with van der Waals surface area (Å²) in [6.45, 7) is 2.56. The fourth-order valence-corrected chi connectivity index (χ4v) is 4.15. The van der Waals surface area contributed by atoms with Gasteiger partial charge in [-0.25, -0.2) is 0 Å². The predicted octanol–water partition coefficient (Wildman–Crippen LogP) is 4.26. The molecule has 4 rings (SSSR count). The van der Waals surface area contributed by atoms with Crippen molar-refractivity contribution in [2.24, 2.45) is 0 Å². The molecule has 5 nitrogen and oxygen atoms in total. The number of aryl methyl sites for hydroxylation is 1. The van der Waals surface area contributed by atoms with Crippen molar-refractivity contribution in [3.8, 4) is 11.8 Å². The molecule has 0 saturated heterocycles. The lowest BCUT2D eigenvalue weighted by atomic mass is 9.92. The number of carbonyl (C=O) groups is 1. The van der Waals surface area contributed by atoms with Gasteiger partial charge in [-0.3, -0.25) is 9.78 Å². The summed E-state index contributed by atoms with van der Waals surface area (Å²) in [5.74, 6) is 0.785. The lowest BCUT2D eigenvalue weighted by molar-refractivity contribution is 0.0560. The summed E-state index contributed by atoms with van der Waals surface area (Å²) in [4.78, 5) is 19.2. The molecule has 1 aromatic heterocycles. The van der Waals surface area contributed by atoms with E-state index < -0.39 is 0 Å². The Morgan fingerprint density at radius 3 is 2.70 bits per heavy atom. The molecule has 1 aliphatic heterocycles. The number of fused-ring (bicyclic) bond motifs is 1. The van der Waals surface area contributed by atoms with Crippen LogP contribution in [0.25, 0.3) is 0 Å². The topological polar surface area (TPSA) is 66.2 Å². The van der Waals surface area contributed by atoms with E-state index in [0.717, 1.165) is 42.6 Å². The third kappa shape index (κ3) is 3.50. The molecule has 1 aliphatic carbocycles. The first-order valence-electron chi connectivity index (χ1n) is 9.19. The Labute approximate surface area is 163 Å². The maximum Gasteiger partial charge on any atom is 0.256 e. The van der Waals surface area contributed by atoms with Gasteiger partial charge in [-0.05, 0) is 56.9 Å². The molecule has 0 N–H and O–H groups in total. The van der Waals surface area contributed by atoms with Crippen molar-refractivity contribution in [3.63, 3.8) is 0 Å². The maximum atomic E-state index is 12.7. The molecule has 27 heavy (non-hydrogen) atoms. The second kappa shape index (κ2) is 7.21. The number of rotatable bonds is 3. The molecule has 1 saturated carbocycles. The summed E-state index contributed by atoms with van der Waals surface area (Å²) in [6, 6.07) is 11.2. The largest absolute Gasteiger partial charge is 0.490 e. The first kappa shape index (κ1) is 17.8. The fraction of sp³-hybridized carbons (Fsp3) is 0.381. The summed E-state index contributed by atoms with van der Waals surface area (Å²) in [5.41, 5.74) is 3.03. The van der Waals surface area contributed by atoms with Gasteiger partial charge in [0.2, 0.25) is 0 Å². The van der Waals surface area contributed by atoms with Crippen LogP contribution in [0.15, 0.2) is 30.3 Å². The van der Waals surface area contributed by atoms with Crippen LogP contribution in [0.2, 0.25) is 5.02 Å². The molecule has 0 radical (unpaired) electrons. The van der Waals surface area contributed by atoms with Crippen molar-refractivity contribution in [1.82, 2.24) is 9.88 Å². The van der Waals surface area contributed by atoms with Crippen LogP contribution >= 0.6 is 11.6 Å². The van der Waals surface area contributed by atoms with Gasteiger partial charge < -0.3 is 9.64 Å². The van der Waals surface area contributed by atoms with E-state index in [0.29, 0.717) is 22.9 Å². The normalized spacial score (nSPS) is 21.7. The summed E-state index contributed by atoms with van der Waals surface area (Å²) in [6.07, 6.45) is 3.69. The monoisotopic (exact) mass is 381 g/mol. The van der Waals surface area contributed by atoms with Gasteiger partial charge in [0.25, 0.3) is 5.91 Å². The Morgan fingerprint density at radius 1 is 1.22 bits per heavy atom. The predicted molar refractivity (Wildman–Crippen MR) is 102 cm³/mol. The molecule has 2 aromatic rings. The second-order valence-corrected chi connectivity index (χ2v) is 7.59. The van der Waals surface area contributed by atoms with Crippen LogP contribution in [0, 0.1) is 18.3 Å². The lowest BCUT2D eigenvalue weighted by Gasteiger charge is -2.34. The highest BCUT2D eigenvalue weighted by atomic mass is 35.5. The third-order valence-corrected chi connectivity index (χ3v) is 5.69. The average Bonchev–Trinajstić information content (AvgIpc) is 2.98. The number of ether oxygens (including phenoxy) is 1. The van der Waals surface area contributed by atoms with Crippen LogP contribution in [0.5, 0.6) is 5.75 Å². The Balaban J connectivity index is 1.36. The minimum atomic E-state index is 0.0979. The molecule has 0 atom stereocenters. The van der Waals surface area contributed by atoms with Crippen LogP contribution in [0.3, 0.4) is 0 Å². The number of nitrogens with zero attached hydrogens (tertiary/aromatic N) is 3. The van der Waals surface area contributed by atoms with Gasteiger partial charge in [0.05, 0.1) is 34.5 Å². The molecule has 1 fully saturated rings. The molecule has 6 heteroatoms. The zero-order valence-electron chi connectivity index (χ0n) is 15.1. The van der Waals surface area contributed by atoms with Gasteiger partial charge in [-0.1, -0.05) is 11.6 Å². The molecule has 2 aliphatic rings. The van der Waals surface area contributed by atoms with Crippen molar-refractivity contribution in [2.75, 3.05) is 0 Å². The van der Waals surface area contributed by atoms with Gasteiger partial charge >= 0.3 is 0 Å². The number of amides is 1. The van der Waals surface area contributed by atoms with E-state index in [4.69, 9.17) is 21.6 Å². The minimum Gasteiger partial charge on any atom is -0.490 e. The highest BCUT2D eigenvalue weighted by Gasteiger charge is 2.36. The van der Waals surface area contributed by atoms with Crippen molar-refractivity contribution in [1.29, 1.82) is 5.26 Å². The zero-order valence-corrected chi connectivity index (χ0v) is 15.9. The molecule has 1 amide bonds. The second-order valence-electron chi connectivity index (χ2n) is 7.18. The van der Waals surface area contributed by atoms with Gasteiger partial charge in [0.15, 0.2) is 0 Å². The van der Waals surface area contributed by atoms with Crippen molar-refractivity contribution in [3.05, 3.63) is 57.9 Å². The van der Waals surface area contributed by atoms with E-state index in [1.54, 1.807) is 18.2 Å². The first-order valence-corrected chi connectivity index (χ1v) is 9.57. The van der Waals surface area contributed by atoms with Crippen molar-refractivity contribution in [2.45, 2.75) is 51.3 Å². The highest BCUT2D eigenvalue weighted by molar-refractivity contribution is 6.31. The Hall–Kier alpha value is -2.58. The standard InChI is InChI=1S/C21H20ClN3O2/c1-13-2-9-18-20(24-13)12-25(21(18)26)15-4-7-16(8-5-15)27-17-6-3-14(11-23)19(22)10-17/h2-3,6,9-10,15-16H,4-5,7-8,12H2,1H3. The average molecular weight is 382 g/mol. The highest BCUT2D eigenvalue weighted by Crippen LogP contribution is 2.32. The van der Waals surface area contributed by atoms with E-state index in [1.807, 2.05) is 30.0 Å². The molecular weight excluding hydrogens is 362 g/mol. The summed E-state index contributed by atoms with van der Waals surface area (Å²) < 4.78 is 6.04. The smallest absolute Gasteiger partial charge is 0.256 e. The molecule has 0 spiro atoms. The molecule has 1 aromatic carbocycles. The number of nitriles is 1. The van der Waals surface area contributed by atoms with Crippen LogP contribution in [-0.4, -0.2) is 27.9 Å². The lowest BCUT2D eigenvalue weighted by Crippen LogP contribution is -2.40. The van der Waals surface area contributed by atoms with Crippen LogP contribution in [0.1, 0.15) is 53.0 Å². The molecule has 138 valence electrons. The molecule has 2 heterocycles. The Morgan fingerprint density at radius 2 is 2.00 bits per heavy atom. The number of pyridine rings is 1. The minimum absolute atomic E-state index is 0.0979. The Bertz CT molecular complexity index is 930. The maximum absolute atomic E-state index is 12.7. The van der Waals surface area contributed by atoms with Gasteiger partial charge in [0, 0.05) is 17.8 Å². The summed E-state index contributed by atoms with van der Waals surface area (Å²) >= 11 is 6.08. The van der Waals surface area contributed by atoms with Crippen molar-refractivity contribution >= 4 is 17.5 Å². The van der Waals surface area contributed by atoms with E-state index in [2.05, 4.69) is 4.98 Å². The first-order chi connectivity index (χ1) is 13.0. The zero-order chi connectivity index (χ0) is 19.0. The SMILES string of the molecule is Cc1ccc2c(n1)CN(C1CCC(Oc3ccc(C#N)c(Cl)c3)CC1)C2=O. The third-order valence-electron chi connectivity index (χ3n) is 5.37. The quantitative estimate of drug-likeness (QED) is 0.796. The van der Waals surface area contributed by atoms with Crippen LogP contribution < -0.4 is 4.74 Å². The number of halogens is 1. The molecule has 0 bridgehead atoms. The van der Waals surface area contributed by atoms with Gasteiger partial charge in [-0.15, -0.1) is 0 Å². The van der Waals surface area contributed by atoms with E-state index >= 15 is 0 Å². The van der Waals surface area contributed by atoms with Crippen LogP contribution in [-0.2, 0) is 6.54 Å². The number of aromatic nitrogens is 1. The van der Waals surface area contributed by atoms with E-state index in [-0.39, 0.29) is 18.1 Å². The molecule has 0 unspecified atom stereocenters. The Kier molecular flexibility index (Phi) is 4.75. The summed E-state index contributed by atoms with van der Waals surface area (Å²) in [5, 5.41) is 9.36. The van der Waals surface area contributed by atoms with Gasteiger partial charge in [0.1, 0.15) is 11.8 Å². The van der Waals surface area contributed by atoms with Crippen molar-refractivity contribution < 1.29 is 9.53 Å². The van der Waals surface area contributed by atoms with E-state index in [1.165, 1.54) is 0 Å². The number of carbonyl (C=O) groups excluding carboxylic acids is 1. The van der Waals surface area contributed by atoms with Gasteiger partial charge in [-0.2, -0.15) is 5.26 Å². The molecular formula is C21H20ClN3O2. The van der Waals surface area contributed by atoms with Crippen LogP contribution in [0.4, 0.5) is 0 Å².